The van der Waals surface area contributed by atoms with E-state index in [-0.39, 0.29) is 17.5 Å². The highest BCUT2D eigenvalue weighted by molar-refractivity contribution is 6.01. The predicted molar refractivity (Wildman–Crippen MR) is 49.0 cm³/mol. The van der Waals surface area contributed by atoms with Gasteiger partial charge in [-0.3, -0.25) is 9.59 Å². The van der Waals surface area contributed by atoms with Crippen molar-refractivity contribution in [2.75, 3.05) is 0 Å². The summed E-state index contributed by atoms with van der Waals surface area (Å²) in [7, 11) is 0. The smallest absolute Gasteiger partial charge is 0.143 e. The first-order valence-electron chi connectivity index (χ1n) is 4.66. The topological polar surface area (TPSA) is 34.1 Å². The lowest BCUT2D eigenvalue weighted by Gasteiger charge is -2.09. The van der Waals surface area contributed by atoms with Crippen molar-refractivity contribution in [2.45, 2.75) is 46.5 Å². The minimum atomic E-state index is -0.324. The molecule has 0 aliphatic rings. The van der Waals surface area contributed by atoms with Gasteiger partial charge in [-0.1, -0.05) is 26.7 Å². The Morgan fingerprint density at radius 1 is 1.25 bits per heavy atom. The van der Waals surface area contributed by atoms with Crippen molar-refractivity contribution in [3.8, 4) is 0 Å². The van der Waals surface area contributed by atoms with Gasteiger partial charge in [0, 0.05) is 6.42 Å². The second-order valence-corrected chi connectivity index (χ2v) is 3.13. The number of rotatable bonds is 6. The van der Waals surface area contributed by atoms with Crippen LogP contribution in [0.3, 0.4) is 0 Å². The monoisotopic (exact) mass is 170 g/mol. The first-order valence-corrected chi connectivity index (χ1v) is 4.66. The Labute approximate surface area is 74.3 Å². The lowest BCUT2D eigenvalue weighted by molar-refractivity contribution is -0.131. The number of ketones is 2. The molecule has 0 N–H and O–H groups in total. The molecule has 0 aromatic carbocycles. The highest BCUT2D eigenvalue weighted by Gasteiger charge is 2.20. The summed E-state index contributed by atoms with van der Waals surface area (Å²) in [6, 6.07) is 0. The lowest BCUT2D eigenvalue weighted by atomic mass is 9.92. The van der Waals surface area contributed by atoms with Crippen LogP contribution in [0.4, 0.5) is 0 Å². The number of carbonyl (C=O) groups is 2. The molecule has 0 bridgehead atoms. The molecule has 0 aromatic rings. The summed E-state index contributed by atoms with van der Waals surface area (Å²) < 4.78 is 0. The van der Waals surface area contributed by atoms with Gasteiger partial charge >= 0.3 is 0 Å². The zero-order chi connectivity index (χ0) is 9.56. The predicted octanol–water partition coefficient (Wildman–Crippen LogP) is 2.36. The minimum absolute atomic E-state index is 0.0234. The molecule has 12 heavy (non-hydrogen) atoms. The van der Waals surface area contributed by atoms with E-state index in [0.717, 1.165) is 19.3 Å². The van der Waals surface area contributed by atoms with Gasteiger partial charge in [-0.25, -0.2) is 0 Å². The van der Waals surface area contributed by atoms with E-state index in [1.807, 2.05) is 6.92 Å². The van der Waals surface area contributed by atoms with E-state index in [0.29, 0.717) is 6.42 Å². The molecule has 0 aliphatic carbocycles. The Hall–Kier alpha value is -0.660. The third-order valence-corrected chi connectivity index (χ3v) is 2.07. The van der Waals surface area contributed by atoms with Crippen molar-refractivity contribution >= 4 is 11.6 Å². The van der Waals surface area contributed by atoms with Crippen LogP contribution in [0.5, 0.6) is 0 Å². The quantitative estimate of drug-likeness (QED) is 0.573. The Bertz CT molecular complexity index is 161. The fourth-order valence-corrected chi connectivity index (χ4v) is 1.25. The molecule has 0 radical (unpaired) electrons. The number of unbranched alkanes of at least 4 members (excludes halogenated alkanes) is 1. The van der Waals surface area contributed by atoms with Crippen LogP contribution in [0, 0.1) is 5.92 Å². The fraction of sp³-hybridized carbons (Fsp3) is 0.800. The van der Waals surface area contributed by atoms with Crippen molar-refractivity contribution in [1.82, 2.24) is 0 Å². The van der Waals surface area contributed by atoms with Crippen LogP contribution in [-0.4, -0.2) is 11.6 Å². The molecule has 0 amide bonds. The molecule has 1 atom stereocenters. The van der Waals surface area contributed by atoms with Crippen LogP contribution in [0.2, 0.25) is 0 Å². The maximum Gasteiger partial charge on any atom is 0.143 e. The van der Waals surface area contributed by atoms with Crippen molar-refractivity contribution < 1.29 is 9.59 Å². The van der Waals surface area contributed by atoms with Crippen LogP contribution >= 0.6 is 0 Å². The molecule has 2 heteroatoms. The zero-order valence-electron chi connectivity index (χ0n) is 8.22. The van der Waals surface area contributed by atoms with E-state index in [1.165, 1.54) is 6.92 Å². The van der Waals surface area contributed by atoms with Crippen LogP contribution in [0.25, 0.3) is 0 Å². The number of hydrogen-bond donors (Lipinski definition) is 0. The van der Waals surface area contributed by atoms with Crippen molar-refractivity contribution in [3.63, 3.8) is 0 Å². The van der Waals surface area contributed by atoms with E-state index in [1.54, 1.807) is 0 Å². The van der Waals surface area contributed by atoms with E-state index >= 15 is 0 Å². The van der Waals surface area contributed by atoms with Crippen molar-refractivity contribution in [3.05, 3.63) is 0 Å². The van der Waals surface area contributed by atoms with Gasteiger partial charge in [-0.05, 0) is 13.3 Å². The number of Topliss-reactive ketones (excluding diaryl/α,β-unsaturated/α-hetero) is 2. The van der Waals surface area contributed by atoms with Gasteiger partial charge in [0.25, 0.3) is 0 Å². The van der Waals surface area contributed by atoms with Crippen LogP contribution < -0.4 is 0 Å². The van der Waals surface area contributed by atoms with Gasteiger partial charge in [0.1, 0.15) is 11.6 Å². The molecule has 0 fully saturated rings. The van der Waals surface area contributed by atoms with Gasteiger partial charge in [0.15, 0.2) is 0 Å². The molecule has 0 saturated carbocycles. The van der Waals surface area contributed by atoms with E-state index in [2.05, 4.69) is 6.92 Å². The first kappa shape index (κ1) is 11.3. The van der Waals surface area contributed by atoms with Gasteiger partial charge < -0.3 is 0 Å². The van der Waals surface area contributed by atoms with Gasteiger partial charge in [-0.2, -0.15) is 0 Å². The summed E-state index contributed by atoms with van der Waals surface area (Å²) in [5.74, 6) is -0.207. The van der Waals surface area contributed by atoms with Crippen LogP contribution in [0.1, 0.15) is 46.5 Å². The van der Waals surface area contributed by atoms with E-state index in [9.17, 15) is 9.59 Å². The third-order valence-electron chi connectivity index (χ3n) is 2.07. The summed E-state index contributed by atoms with van der Waals surface area (Å²) in [5.41, 5.74) is 0. The fourth-order valence-electron chi connectivity index (χ4n) is 1.25. The van der Waals surface area contributed by atoms with Gasteiger partial charge in [0.2, 0.25) is 0 Å². The molecular weight excluding hydrogens is 152 g/mol. The summed E-state index contributed by atoms with van der Waals surface area (Å²) in [5, 5.41) is 0. The summed E-state index contributed by atoms with van der Waals surface area (Å²) >= 11 is 0. The SMILES string of the molecule is CCCC[C@@H](C(C)=O)C(=O)CC. The molecule has 0 rings (SSSR count). The Kier molecular flexibility index (Phi) is 5.60. The van der Waals surface area contributed by atoms with Crippen molar-refractivity contribution in [1.29, 1.82) is 0 Å². The largest absolute Gasteiger partial charge is 0.299 e. The summed E-state index contributed by atoms with van der Waals surface area (Å²) in [6.45, 7) is 5.38. The third kappa shape index (κ3) is 3.65. The summed E-state index contributed by atoms with van der Waals surface area (Å²) in [4.78, 5) is 22.3. The highest BCUT2D eigenvalue weighted by Crippen LogP contribution is 2.12. The Balaban J connectivity index is 4.04. The van der Waals surface area contributed by atoms with Crippen molar-refractivity contribution in [2.24, 2.45) is 5.92 Å². The molecule has 2 nitrogen and oxygen atoms in total. The van der Waals surface area contributed by atoms with Gasteiger partial charge in [0.05, 0.1) is 5.92 Å². The molecule has 70 valence electrons. The highest BCUT2D eigenvalue weighted by atomic mass is 16.1. The number of carbonyl (C=O) groups excluding carboxylic acids is 2. The second-order valence-electron chi connectivity index (χ2n) is 3.13. The zero-order valence-corrected chi connectivity index (χ0v) is 8.22. The normalized spacial score (nSPS) is 12.6. The van der Waals surface area contributed by atoms with Crippen LogP contribution in [0.15, 0.2) is 0 Å². The Morgan fingerprint density at radius 2 is 1.83 bits per heavy atom. The maximum absolute atomic E-state index is 11.2. The van der Waals surface area contributed by atoms with E-state index in [4.69, 9.17) is 0 Å². The average Bonchev–Trinajstić information content (AvgIpc) is 2.04. The van der Waals surface area contributed by atoms with Gasteiger partial charge in [-0.15, -0.1) is 0 Å². The molecule has 0 saturated heterocycles. The second kappa shape index (κ2) is 5.92. The molecular formula is C10H18O2. The number of hydrogen-bond acceptors (Lipinski definition) is 2. The first-order chi connectivity index (χ1) is 5.63. The Morgan fingerprint density at radius 3 is 2.17 bits per heavy atom. The molecule has 0 unspecified atom stereocenters. The van der Waals surface area contributed by atoms with Crippen LogP contribution in [-0.2, 0) is 9.59 Å². The molecule has 0 spiro atoms. The average molecular weight is 170 g/mol. The standard InChI is InChI=1S/C10H18O2/c1-4-6-7-9(8(3)11)10(12)5-2/h9H,4-7H2,1-3H3/t9-/m0/s1. The minimum Gasteiger partial charge on any atom is -0.299 e. The van der Waals surface area contributed by atoms with E-state index < -0.39 is 0 Å². The summed E-state index contributed by atoms with van der Waals surface area (Å²) in [6.07, 6.45) is 3.23. The molecule has 0 aliphatic heterocycles. The maximum atomic E-state index is 11.2. The molecule has 0 heterocycles. The lowest BCUT2D eigenvalue weighted by Crippen LogP contribution is -2.21. The molecule has 0 aromatic heterocycles.